The molecule has 0 saturated heterocycles. The Balaban J connectivity index is 1.51. The lowest BCUT2D eigenvalue weighted by atomic mass is 10.0. The summed E-state index contributed by atoms with van der Waals surface area (Å²) in [5, 5.41) is 6.58. The topological polar surface area (TPSA) is 113 Å². The van der Waals surface area contributed by atoms with Crippen LogP contribution in [0.25, 0.3) is 0 Å². The highest BCUT2D eigenvalue weighted by atomic mass is 32.1. The van der Waals surface area contributed by atoms with Crippen LogP contribution in [0.5, 0.6) is 0 Å². The van der Waals surface area contributed by atoms with Gasteiger partial charge in [0.15, 0.2) is 5.13 Å². The zero-order valence-electron chi connectivity index (χ0n) is 17.4. The molecule has 0 radical (unpaired) electrons. The number of hydrogen-bond donors (Lipinski definition) is 3. The Hall–Kier alpha value is -3.46. The number of fused-ring (bicyclic) bond motifs is 1. The highest BCUT2D eigenvalue weighted by Crippen LogP contribution is 2.27. The zero-order valence-corrected chi connectivity index (χ0v) is 18.3. The zero-order chi connectivity index (χ0) is 22.0. The number of carbonyl (C=O) groups excluding carboxylic acids is 2. The van der Waals surface area contributed by atoms with E-state index < -0.39 is 0 Å². The molecule has 1 aliphatic rings. The maximum absolute atomic E-state index is 13.0. The van der Waals surface area contributed by atoms with Crippen molar-refractivity contribution in [2.45, 2.75) is 26.4 Å². The average Bonchev–Trinajstić information content (AvgIpc) is 3.17. The number of hydrogen-bond acceptors (Lipinski definition) is 7. The van der Waals surface area contributed by atoms with Crippen LogP contribution in [0.1, 0.15) is 42.5 Å². The smallest absolute Gasteiger partial charge is 0.266 e. The normalized spacial score (nSPS) is 12.9. The molecular weight excluding hydrogens is 412 g/mol. The van der Waals surface area contributed by atoms with Gasteiger partial charge in [-0.1, -0.05) is 41.7 Å². The van der Waals surface area contributed by atoms with E-state index in [4.69, 9.17) is 5.73 Å². The number of aromatic nitrogens is 2. The van der Waals surface area contributed by atoms with Gasteiger partial charge in [-0.3, -0.25) is 9.59 Å². The van der Waals surface area contributed by atoms with Crippen LogP contribution in [0.15, 0.2) is 36.4 Å². The van der Waals surface area contributed by atoms with Gasteiger partial charge in [-0.05, 0) is 24.1 Å². The third-order valence-electron chi connectivity index (χ3n) is 5.23. The van der Waals surface area contributed by atoms with Crippen molar-refractivity contribution in [2.24, 2.45) is 0 Å². The van der Waals surface area contributed by atoms with Crippen LogP contribution in [0.4, 0.5) is 10.9 Å². The van der Waals surface area contributed by atoms with Crippen molar-refractivity contribution in [1.29, 1.82) is 0 Å². The molecule has 2 amide bonds. The molecule has 2 aromatic heterocycles. The number of benzene rings is 1. The molecule has 0 fully saturated rings. The van der Waals surface area contributed by atoms with Gasteiger partial charge >= 0.3 is 0 Å². The van der Waals surface area contributed by atoms with Gasteiger partial charge in [-0.25, -0.2) is 9.97 Å². The van der Waals surface area contributed by atoms with Crippen LogP contribution in [-0.2, 0) is 19.5 Å². The lowest BCUT2D eigenvalue weighted by Gasteiger charge is -2.28. The summed E-state index contributed by atoms with van der Waals surface area (Å²) in [5.41, 5.74) is 9.78. The van der Waals surface area contributed by atoms with Crippen LogP contribution in [0, 0.1) is 6.92 Å². The fourth-order valence-electron chi connectivity index (χ4n) is 3.56. The Labute approximate surface area is 184 Å². The van der Waals surface area contributed by atoms with Crippen molar-refractivity contribution in [1.82, 2.24) is 20.2 Å². The molecule has 0 aliphatic carbocycles. The van der Waals surface area contributed by atoms with E-state index in [1.165, 1.54) is 11.3 Å². The second-order valence-electron chi connectivity index (χ2n) is 7.36. The van der Waals surface area contributed by atoms with E-state index in [9.17, 15) is 9.59 Å². The van der Waals surface area contributed by atoms with Gasteiger partial charge in [0.1, 0.15) is 10.7 Å². The monoisotopic (exact) mass is 436 g/mol. The molecule has 3 heterocycles. The van der Waals surface area contributed by atoms with Crippen LogP contribution >= 0.6 is 11.3 Å². The molecule has 1 aliphatic heterocycles. The van der Waals surface area contributed by atoms with Gasteiger partial charge in [-0.2, -0.15) is 0 Å². The number of aryl methyl sites for hydroxylation is 1. The summed E-state index contributed by atoms with van der Waals surface area (Å²) in [5.74, 6) is -0.132. The number of nitrogens with two attached hydrogens (primary N) is 1. The van der Waals surface area contributed by atoms with Gasteiger partial charge in [0.25, 0.3) is 11.8 Å². The maximum atomic E-state index is 13.0. The number of nitrogens with zero attached hydrogens (tertiary/aromatic N) is 3. The molecule has 0 saturated carbocycles. The third kappa shape index (κ3) is 4.36. The molecule has 1 aromatic carbocycles. The predicted molar refractivity (Wildman–Crippen MR) is 121 cm³/mol. The summed E-state index contributed by atoms with van der Waals surface area (Å²) < 4.78 is 0. The lowest BCUT2D eigenvalue weighted by molar-refractivity contribution is 0.0737. The summed E-state index contributed by atoms with van der Waals surface area (Å²) in [6.07, 6.45) is 0.591. The number of amides is 2. The summed E-state index contributed by atoms with van der Waals surface area (Å²) >= 11 is 1.34. The van der Waals surface area contributed by atoms with Gasteiger partial charge < -0.3 is 21.3 Å². The minimum Gasteiger partial charge on any atom is -0.383 e. The van der Waals surface area contributed by atoms with Crippen molar-refractivity contribution < 1.29 is 9.59 Å². The first-order chi connectivity index (χ1) is 15.0. The fraction of sp³-hybridized carbons (Fsp3) is 0.273. The maximum Gasteiger partial charge on any atom is 0.266 e. The van der Waals surface area contributed by atoms with Crippen LogP contribution in [0.3, 0.4) is 0 Å². The Kier molecular flexibility index (Phi) is 5.85. The molecule has 3 aromatic rings. The number of thiazole rings is 1. The molecule has 8 nitrogen and oxygen atoms in total. The first-order valence-corrected chi connectivity index (χ1v) is 10.8. The molecular formula is C22H24N6O2S. The SMILES string of the molecule is CNc1nc(C)c(C(=O)N2CCc3nc(N)c(C(=O)NCc4ccccc4)cc3C2)s1. The summed E-state index contributed by atoms with van der Waals surface area (Å²) in [7, 11) is 1.78. The number of carbonyl (C=O) groups is 2. The van der Waals surface area contributed by atoms with Crippen molar-refractivity contribution in [3.8, 4) is 0 Å². The number of nitrogens with one attached hydrogen (secondary N) is 2. The highest BCUT2D eigenvalue weighted by Gasteiger charge is 2.27. The van der Waals surface area contributed by atoms with Crippen LogP contribution < -0.4 is 16.4 Å². The molecule has 0 bridgehead atoms. The van der Waals surface area contributed by atoms with Crippen molar-refractivity contribution >= 4 is 34.1 Å². The van der Waals surface area contributed by atoms with E-state index in [2.05, 4.69) is 20.6 Å². The summed E-state index contributed by atoms with van der Waals surface area (Å²) in [6, 6.07) is 11.4. The Bertz CT molecular complexity index is 1130. The van der Waals surface area contributed by atoms with Crippen LogP contribution in [0.2, 0.25) is 0 Å². The minimum absolute atomic E-state index is 0.0611. The predicted octanol–water partition coefficient (Wildman–Crippen LogP) is 2.60. The molecule has 9 heteroatoms. The standard InChI is InChI=1S/C22H24N6O2S/c1-13-18(31-22(24-2)26-13)21(30)28-9-8-17-15(12-28)10-16(19(23)27-17)20(29)25-11-14-6-4-3-5-7-14/h3-7,10H,8-9,11-12H2,1-2H3,(H2,23,27)(H,24,26)(H,25,29). The second-order valence-corrected chi connectivity index (χ2v) is 8.35. The van der Waals surface area contributed by atoms with Gasteiger partial charge in [0, 0.05) is 38.8 Å². The highest BCUT2D eigenvalue weighted by molar-refractivity contribution is 7.17. The van der Waals surface area contributed by atoms with E-state index in [0.717, 1.165) is 16.8 Å². The number of rotatable bonds is 5. The molecule has 0 atom stereocenters. The van der Waals surface area contributed by atoms with Crippen molar-refractivity contribution in [3.05, 3.63) is 69.4 Å². The molecule has 4 rings (SSSR count). The quantitative estimate of drug-likeness (QED) is 0.567. The number of anilines is 2. The number of pyridine rings is 1. The van der Waals surface area contributed by atoms with E-state index in [-0.39, 0.29) is 17.6 Å². The third-order valence-corrected chi connectivity index (χ3v) is 6.40. The van der Waals surface area contributed by atoms with Crippen LogP contribution in [-0.4, -0.2) is 40.3 Å². The van der Waals surface area contributed by atoms with E-state index in [1.807, 2.05) is 37.3 Å². The van der Waals surface area contributed by atoms with Crippen molar-refractivity contribution in [2.75, 3.05) is 24.6 Å². The fourth-order valence-corrected chi connectivity index (χ4v) is 4.45. The first-order valence-electron chi connectivity index (χ1n) is 10.0. The van der Waals surface area contributed by atoms with E-state index in [1.54, 1.807) is 18.0 Å². The Morgan fingerprint density at radius 2 is 2.00 bits per heavy atom. The Morgan fingerprint density at radius 1 is 1.23 bits per heavy atom. The van der Waals surface area contributed by atoms with Gasteiger partial charge in [-0.15, -0.1) is 0 Å². The summed E-state index contributed by atoms with van der Waals surface area (Å²) in [6.45, 7) is 3.16. The lowest BCUT2D eigenvalue weighted by Crippen LogP contribution is -2.37. The molecule has 0 unspecified atom stereocenters. The van der Waals surface area contributed by atoms with Gasteiger partial charge in [0.2, 0.25) is 0 Å². The molecule has 31 heavy (non-hydrogen) atoms. The minimum atomic E-state index is -0.280. The molecule has 160 valence electrons. The largest absolute Gasteiger partial charge is 0.383 e. The van der Waals surface area contributed by atoms with Gasteiger partial charge in [0.05, 0.1) is 11.3 Å². The van der Waals surface area contributed by atoms with E-state index >= 15 is 0 Å². The molecule has 4 N–H and O–H groups in total. The molecule has 0 spiro atoms. The van der Waals surface area contributed by atoms with Crippen molar-refractivity contribution in [3.63, 3.8) is 0 Å². The second kappa shape index (κ2) is 8.73. The Morgan fingerprint density at radius 3 is 2.71 bits per heavy atom. The summed E-state index contributed by atoms with van der Waals surface area (Å²) in [4.78, 5) is 37.0. The first kappa shape index (κ1) is 20.8. The van der Waals surface area contributed by atoms with E-state index in [0.29, 0.717) is 47.3 Å². The average molecular weight is 437 g/mol. The number of nitrogen functional groups attached to an aromatic ring is 1.